The number of hydrogen-bond donors (Lipinski definition) is 2. The fraction of sp³-hybridized carbons (Fsp3) is 0.125. The molecule has 66 valence electrons. The van der Waals surface area contributed by atoms with Gasteiger partial charge in [-0.25, -0.2) is 0 Å². The van der Waals surface area contributed by atoms with Crippen LogP contribution in [0.25, 0.3) is 0 Å². The molecular weight excluding hydrogens is 202 g/mol. The maximum Gasteiger partial charge on any atom is 0.119 e. The summed E-state index contributed by atoms with van der Waals surface area (Å²) in [5, 5.41) is 16.1. The van der Waals surface area contributed by atoms with E-state index in [-0.39, 0.29) is 0 Å². The Labute approximate surface area is 84.5 Å². The van der Waals surface area contributed by atoms with Crippen LogP contribution in [-0.4, -0.2) is 6.26 Å². The molecule has 0 unspecified atom stereocenters. The van der Waals surface area contributed by atoms with Gasteiger partial charge in [0.15, 0.2) is 0 Å². The van der Waals surface area contributed by atoms with Gasteiger partial charge in [0.1, 0.15) is 16.6 Å². The summed E-state index contributed by atoms with van der Waals surface area (Å²) >= 11 is 3.20. The van der Waals surface area contributed by atoms with E-state index in [1.807, 2.05) is 12.5 Å². The van der Waals surface area contributed by atoms with Crippen LogP contribution >= 0.6 is 23.1 Å². The number of rotatable bonds is 1. The minimum Gasteiger partial charge on any atom is -0.357 e. The van der Waals surface area contributed by atoms with Crippen LogP contribution in [-0.2, 0) is 0 Å². The van der Waals surface area contributed by atoms with Gasteiger partial charge in [-0.2, -0.15) is 5.26 Å². The summed E-state index contributed by atoms with van der Waals surface area (Å²) < 4.78 is 1.05. The van der Waals surface area contributed by atoms with Crippen molar-refractivity contribution in [3.63, 3.8) is 0 Å². The van der Waals surface area contributed by atoms with Crippen molar-refractivity contribution in [2.75, 3.05) is 16.9 Å². The number of nitrogens with one attached hydrogen (secondary N) is 2. The van der Waals surface area contributed by atoms with Crippen molar-refractivity contribution in [1.82, 2.24) is 0 Å². The molecular formula is C8H7N3S2. The largest absolute Gasteiger partial charge is 0.357 e. The lowest BCUT2D eigenvalue weighted by atomic mass is 10.3. The summed E-state index contributed by atoms with van der Waals surface area (Å²) in [5.41, 5.74) is 1.64. The van der Waals surface area contributed by atoms with Crippen molar-refractivity contribution in [2.24, 2.45) is 0 Å². The van der Waals surface area contributed by atoms with Crippen molar-refractivity contribution in [3.05, 3.63) is 18.0 Å². The summed E-state index contributed by atoms with van der Waals surface area (Å²) in [6, 6.07) is 2.21. The molecule has 2 heterocycles. The molecule has 1 aromatic rings. The smallest absolute Gasteiger partial charge is 0.119 e. The Bertz CT molecular complexity index is 400. The van der Waals surface area contributed by atoms with E-state index in [0.717, 1.165) is 20.5 Å². The third-order valence-electron chi connectivity index (χ3n) is 1.70. The van der Waals surface area contributed by atoms with Crippen molar-refractivity contribution < 1.29 is 0 Å². The highest BCUT2D eigenvalue weighted by Crippen LogP contribution is 2.43. The third-order valence-corrected chi connectivity index (χ3v) is 3.94. The van der Waals surface area contributed by atoms with Gasteiger partial charge in [0.25, 0.3) is 0 Å². The first-order valence-electron chi connectivity index (χ1n) is 3.65. The highest BCUT2D eigenvalue weighted by Gasteiger charge is 2.17. The minimum absolute atomic E-state index is 0.740. The highest BCUT2D eigenvalue weighted by atomic mass is 32.2. The highest BCUT2D eigenvalue weighted by molar-refractivity contribution is 8.00. The number of thioether (sulfide) groups is 1. The number of anilines is 2. The molecule has 0 bridgehead atoms. The van der Waals surface area contributed by atoms with E-state index in [1.54, 1.807) is 29.3 Å². The van der Waals surface area contributed by atoms with Crippen LogP contribution < -0.4 is 10.6 Å². The van der Waals surface area contributed by atoms with E-state index in [4.69, 9.17) is 5.26 Å². The first kappa shape index (κ1) is 8.48. The molecule has 0 radical (unpaired) electrons. The Kier molecular flexibility index (Phi) is 2.17. The van der Waals surface area contributed by atoms with Crippen LogP contribution in [0.2, 0.25) is 0 Å². The molecule has 0 atom stereocenters. The van der Waals surface area contributed by atoms with Gasteiger partial charge in [-0.3, -0.25) is 0 Å². The fourth-order valence-corrected chi connectivity index (χ4v) is 2.90. The maximum atomic E-state index is 8.95. The Morgan fingerprint density at radius 3 is 2.92 bits per heavy atom. The predicted molar refractivity (Wildman–Crippen MR) is 57.2 cm³/mol. The minimum atomic E-state index is 0.740. The monoisotopic (exact) mass is 209 g/mol. The number of nitriles is 1. The lowest BCUT2D eigenvalue weighted by molar-refractivity contribution is 1.44. The summed E-state index contributed by atoms with van der Waals surface area (Å²) in [6.07, 6.45) is 5.59. The second-order valence-electron chi connectivity index (χ2n) is 2.41. The second-order valence-corrected chi connectivity index (χ2v) is 4.50. The quantitative estimate of drug-likeness (QED) is 0.698. The molecule has 0 saturated heterocycles. The number of thiophene rings is 1. The SMILES string of the molecule is CSc1sc2c(c1C#N)NC=CN2. The Morgan fingerprint density at radius 1 is 1.46 bits per heavy atom. The zero-order valence-electron chi connectivity index (χ0n) is 6.92. The van der Waals surface area contributed by atoms with Crippen molar-refractivity contribution in [3.8, 4) is 6.07 Å². The van der Waals surface area contributed by atoms with E-state index in [9.17, 15) is 0 Å². The summed E-state index contributed by atoms with van der Waals surface area (Å²) in [7, 11) is 0. The Hall–Kier alpha value is -1.12. The van der Waals surface area contributed by atoms with Gasteiger partial charge in [-0.15, -0.1) is 23.1 Å². The molecule has 2 N–H and O–H groups in total. The van der Waals surface area contributed by atoms with Crippen molar-refractivity contribution >= 4 is 33.8 Å². The van der Waals surface area contributed by atoms with Crippen LogP contribution in [0, 0.1) is 11.3 Å². The number of nitrogens with zero attached hydrogens (tertiary/aromatic N) is 1. The lowest BCUT2D eigenvalue weighted by Crippen LogP contribution is -1.99. The van der Waals surface area contributed by atoms with E-state index in [2.05, 4.69) is 16.7 Å². The van der Waals surface area contributed by atoms with E-state index in [1.165, 1.54) is 0 Å². The standard InChI is InChI=1S/C8H7N3S2/c1-12-8-5(4-9)6-7(13-8)11-3-2-10-6/h2-3,10-11H,1H3. The molecule has 1 aliphatic heterocycles. The molecule has 0 aromatic carbocycles. The first-order valence-corrected chi connectivity index (χ1v) is 5.70. The molecule has 3 nitrogen and oxygen atoms in total. The van der Waals surface area contributed by atoms with Crippen LogP contribution in [0.4, 0.5) is 10.7 Å². The first-order chi connectivity index (χ1) is 6.36. The van der Waals surface area contributed by atoms with E-state index < -0.39 is 0 Å². The normalized spacial score (nSPS) is 12.6. The van der Waals surface area contributed by atoms with Gasteiger partial charge in [0, 0.05) is 12.4 Å². The van der Waals surface area contributed by atoms with Crippen LogP contribution in [0.5, 0.6) is 0 Å². The maximum absolute atomic E-state index is 8.95. The average Bonchev–Trinajstić information content (AvgIpc) is 2.55. The van der Waals surface area contributed by atoms with Crippen LogP contribution in [0.15, 0.2) is 16.6 Å². The molecule has 0 fully saturated rings. The van der Waals surface area contributed by atoms with Gasteiger partial charge in [-0.05, 0) is 6.26 Å². The molecule has 0 aliphatic carbocycles. The zero-order chi connectivity index (χ0) is 9.26. The molecule has 13 heavy (non-hydrogen) atoms. The van der Waals surface area contributed by atoms with Crippen LogP contribution in [0.3, 0.4) is 0 Å². The lowest BCUT2D eigenvalue weighted by Gasteiger charge is -2.08. The molecule has 1 aromatic heterocycles. The Balaban J connectivity index is 2.55. The number of hydrogen-bond acceptors (Lipinski definition) is 5. The van der Waals surface area contributed by atoms with Gasteiger partial charge in [-0.1, -0.05) is 0 Å². The van der Waals surface area contributed by atoms with E-state index in [0.29, 0.717) is 0 Å². The summed E-state index contributed by atoms with van der Waals surface area (Å²) in [6.45, 7) is 0. The van der Waals surface area contributed by atoms with Gasteiger partial charge >= 0.3 is 0 Å². The van der Waals surface area contributed by atoms with Crippen LogP contribution in [0.1, 0.15) is 5.56 Å². The second kappa shape index (κ2) is 3.32. The predicted octanol–water partition coefficient (Wildman–Crippen LogP) is 2.65. The zero-order valence-corrected chi connectivity index (χ0v) is 8.55. The van der Waals surface area contributed by atoms with Gasteiger partial charge in [0.05, 0.1) is 9.90 Å². The number of fused-ring (bicyclic) bond motifs is 1. The van der Waals surface area contributed by atoms with E-state index >= 15 is 0 Å². The topological polar surface area (TPSA) is 47.9 Å². The molecule has 0 saturated carbocycles. The summed E-state index contributed by atoms with van der Waals surface area (Å²) in [5.74, 6) is 0. The molecule has 0 amide bonds. The average molecular weight is 209 g/mol. The third kappa shape index (κ3) is 1.28. The molecule has 5 heteroatoms. The molecule has 1 aliphatic rings. The van der Waals surface area contributed by atoms with Crippen molar-refractivity contribution in [2.45, 2.75) is 4.21 Å². The molecule has 2 rings (SSSR count). The van der Waals surface area contributed by atoms with Gasteiger partial charge < -0.3 is 10.6 Å². The Morgan fingerprint density at radius 2 is 2.23 bits per heavy atom. The summed E-state index contributed by atoms with van der Waals surface area (Å²) in [4.78, 5) is 0. The van der Waals surface area contributed by atoms with Crippen molar-refractivity contribution in [1.29, 1.82) is 5.26 Å². The fourth-order valence-electron chi connectivity index (χ4n) is 1.14. The molecule has 0 spiro atoms. The van der Waals surface area contributed by atoms with Gasteiger partial charge in [0.2, 0.25) is 0 Å².